The average molecular weight is 478 g/mol. The molecule has 0 spiro atoms. The highest BCUT2D eigenvalue weighted by atomic mass is 32.2. The third kappa shape index (κ3) is 3.90. The number of carboxylic acids is 1. The Hall–Kier alpha value is -2.80. The van der Waals surface area contributed by atoms with Crippen LogP contribution in [-0.4, -0.2) is 30.9 Å². The standard InChI is InChI=1S/C27H31N3O3S/c1-17-13-18(2)23-20(9-12-34-22(23)14-17)15-29-21-8-7-19(3)28-24(21)30(26(29)33)16-27(25(31)32)10-5-4-6-11-27/h7-9,13-14H,4-6,10-12,15-16H2,1-3H3,(H,31,32). The molecule has 1 N–H and O–H groups in total. The van der Waals surface area contributed by atoms with Gasteiger partial charge in [-0.05, 0) is 74.1 Å². The van der Waals surface area contributed by atoms with Crippen molar-refractivity contribution in [1.82, 2.24) is 14.1 Å². The van der Waals surface area contributed by atoms with E-state index >= 15 is 0 Å². The molecular formula is C27H31N3O3S. The molecule has 0 bridgehead atoms. The number of thioether (sulfide) groups is 1. The number of hydrogen-bond acceptors (Lipinski definition) is 4. The second-order valence-corrected chi connectivity index (χ2v) is 11.0. The van der Waals surface area contributed by atoms with Gasteiger partial charge in [0.25, 0.3) is 0 Å². The maximum absolute atomic E-state index is 13.8. The van der Waals surface area contributed by atoms with Crippen molar-refractivity contribution in [3.05, 3.63) is 63.2 Å². The van der Waals surface area contributed by atoms with Gasteiger partial charge in [0, 0.05) is 22.9 Å². The molecule has 3 heterocycles. The molecule has 1 aromatic carbocycles. The predicted octanol–water partition coefficient (Wildman–Crippen LogP) is 5.35. The van der Waals surface area contributed by atoms with E-state index in [0.29, 0.717) is 25.0 Å². The highest BCUT2D eigenvalue weighted by Gasteiger charge is 2.41. The monoisotopic (exact) mass is 477 g/mol. The smallest absolute Gasteiger partial charge is 0.330 e. The second-order valence-electron chi connectivity index (χ2n) is 9.89. The van der Waals surface area contributed by atoms with E-state index in [1.54, 1.807) is 9.13 Å². The van der Waals surface area contributed by atoms with Crippen LogP contribution < -0.4 is 5.69 Å². The fourth-order valence-corrected chi connectivity index (χ4v) is 6.82. The van der Waals surface area contributed by atoms with E-state index in [2.05, 4.69) is 32.1 Å². The molecule has 0 radical (unpaired) electrons. The number of aliphatic carboxylic acids is 1. The summed E-state index contributed by atoms with van der Waals surface area (Å²) < 4.78 is 3.41. The quantitative estimate of drug-likeness (QED) is 0.536. The first-order valence-electron chi connectivity index (χ1n) is 12.0. The molecule has 1 fully saturated rings. The zero-order chi connectivity index (χ0) is 24.0. The minimum Gasteiger partial charge on any atom is -0.481 e. The molecule has 7 heteroatoms. The molecular weight excluding hydrogens is 446 g/mol. The number of hydrogen-bond donors (Lipinski definition) is 1. The maximum Gasteiger partial charge on any atom is 0.330 e. The van der Waals surface area contributed by atoms with Gasteiger partial charge in [-0.1, -0.05) is 31.4 Å². The van der Waals surface area contributed by atoms with Crippen molar-refractivity contribution in [2.75, 3.05) is 5.75 Å². The van der Waals surface area contributed by atoms with Crippen LogP contribution >= 0.6 is 11.8 Å². The lowest BCUT2D eigenvalue weighted by atomic mass is 9.74. The largest absolute Gasteiger partial charge is 0.481 e. The molecule has 5 rings (SSSR count). The normalized spacial score (nSPS) is 17.4. The summed E-state index contributed by atoms with van der Waals surface area (Å²) in [4.78, 5) is 32.2. The lowest BCUT2D eigenvalue weighted by Crippen LogP contribution is -2.40. The van der Waals surface area contributed by atoms with E-state index in [4.69, 9.17) is 4.98 Å². The van der Waals surface area contributed by atoms with Gasteiger partial charge < -0.3 is 5.11 Å². The van der Waals surface area contributed by atoms with Gasteiger partial charge in [0.2, 0.25) is 0 Å². The lowest BCUT2D eigenvalue weighted by Gasteiger charge is -2.33. The van der Waals surface area contributed by atoms with Crippen molar-refractivity contribution in [2.45, 2.75) is 70.9 Å². The van der Waals surface area contributed by atoms with Gasteiger partial charge in [0.15, 0.2) is 5.65 Å². The van der Waals surface area contributed by atoms with Gasteiger partial charge in [-0.3, -0.25) is 13.9 Å². The number of rotatable bonds is 5. The number of carboxylic acid groups (broad SMARTS) is 1. The van der Waals surface area contributed by atoms with Crippen molar-refractivity contribution < 1.29 is 9.90 Å². The van der Waals surface area contributed by atoms with Crippen LogP contribution in [0.25, 0.3) is 16.7 Å². The Labute approximate surface area is 203 Å². The van der Waals surface area contributed by atoms with Gasteiger partial charge in [-0.25, -0.2) is 9.78 Å². The Balaban J connectivity index is 1.62. The summed E-state index contributed by atoms with van der Waals surface area (Å²) in [5.74, 6) is 0.0672. The topological polar surface area (TPSA) is 77.1 Å². The van der Waals surface area contributed by atoms with Crippen LogP contribution in [0.2, 0.25) is 0 Å². The lowest BCUT2D eigenvalue weighted by molar-refractivity contribution is -0.152. The third-order valence-corrected chi connectivity index (χ3v) is 8.36. The first-order chi connectivity index (χ1) is 16.3. The molecule has 6 nitrogen and oxygen atoms in total. The fraction of sp³-hybridized carbons (Fsp3) is 0.444. The molecule has 34 heavy (non-hydrogen) atoms. The Bertz CT molecular complexity index is 1380. The summed E-state index contributed by atoms with van der Waals surface area (Å²) in [6, 6.07) is 8.28. The van der Waals surface area contributed by atoms with Gasteiger partial charge in [0.05, 0.1) is 17.5 Å². The van der Waals surface area contributed by atoms with Crippen LogP contribution in [0.5, 0.6) is 0 Å². The van der Waals surface area contributed by atoms with E-state index in [1.807, 2.05) is 30.8 Å². The fourth-order valence-electron chi connectivity index (χ4n) is 5.65. The summed E-state index contributed by atoms with van der Waals surface area (Å²) in [6.07, 6.45) is 6.22. The van der Waals surface area contributed by atoms with Gasteiger partial charge in [0.1, 0.15) is 0 Å². The van der Waals surface area contributed by atoms with Crippen molar-refractivity contribution in [3.63, 3.8) is 0 Å². The van der Waals surface area contributed by atoms with Crippen LogP contribution in [0.4, 0.5) is 0 Å². The SMILES string of the molecule is Cc1cc(C)c2c(c1)SCC=C2Cn1c(=O)n(CC2(C(=O)O)CCCCC2)c2nc(C)ccc21. The van der Waals surface area contributed by atoms with Gasteiger partial charge >= 0.3 is 11.7 Å². The maximum atomic E-state index is 13.8. The molecule has 0 atom stereocenters. The zero-order valence-electron chi connectivity index (χ0n) is 20.1. The average Bonchev–Trinajstić information content (AvgIpc) is 3.04. The van der Waals surface area contributed by atoms with Gasteiger partial charge in [-0.2, -0.15) is 0 Å². The molecule has 2 aromatic heterocycles. The van der Waals surface area contributed by atoms with Crippen molar-refractivity contribution in [1.29, 1.82) is 0 Å². The summed E-state index contributed by atoms with van der Waals surface area (Å²) in [5.41, 5.74) is 5.88. The van der Waals surface area contributed by atoms with E-state index < -0.39 is 11.4 Å². The second kappa shape index (κ2) is 8.77. The number of aromatic nitrogens is 3. The Morgan fingerprint density at radius 1 is 1.12 bits per heavy atom. The zero-order valence-corrected chi connectivity index (χ0v) is 20.9. The first-order valence-corrected chi connectivity index (χ1v) is 13.0. The van der Waals surface area contributed by atoms with Crippen molar-refractivity contribution in [2.24, 2.45) is 5.41 Å². The Morgan fingerprint density at radius 3 is 2.62 bits per heavy atom. The number of benzene rings is 1. The highest BCUT2D eigenvalue weighted by Crippen LogP contribution is 2.39. The van der Waals surface area contributed by atoms with Crippen LogP contribution in [0.1, 0.15) is 54.5 Å². The third-order valence-electron chi connectivity index (χ3n) is 7.39. The van der Waals surface area contributed by atoms with E-state index in [9.17, 15) is 14.7 Å². The summed E-state index contributed by atoms with van der Waals surface area (Å²) in [6.45, 7) is 6.77. The van der Waals surface area contributed by atoms with Crippen molar-refractivity contribution >= 4 is 34.5 Å². The predicted molar refractivity (Wildman–Crippen MR) is 137 cm³/mol. The van der Waals surface area contributed by atoms with Crippen LogP contribution in [0.3, 0.4) is 0 Å². The Morgan fingerprint density at radius 2 is 1.88 bits per heavy atom. The molecule has 3 aromatic rings. The molecule has 178 valence electrons. The van der Waals surface area contributed by atoms with Crippen LogP contribution in [0, 0.1) is 26.2 Å². The van der Waals surface area contributed by atoms with E-state index in [0.717, 1.165) is 41.8 Å². The number of fused-ring (bicyclic) bond motifs is 2. The van der Waals surface area contributed by atoms with E-state index in [1.165, 1.54) is 21.6 Å². The first kappa shape index (κ1) is 23.0. The number of carbonyl (C=O) groups is 1. The molecule has 1 saturated carbocycles. The number of imidazole rings is 1. The Kier molecular flexibility index (Phi) is 5.92. The van der Waals surface area contributed by atoms with Gasteiger partial charge in [-0.15, -0.1) is 11.8 Å². The number of nitrogens with zero attached hydrogens (tertiary/aromatic N) is 3. The molecule has 1 aliphatic carbocycles. The molecule has 0 unspecified atom stereocenters. The van der Waals surface area contributed by atoms with Crippen LogP contribution in [0.15, 0.2) is 40.0 Å². The molecule has 1 aliphatic heterocycles. The van der Waals surface area contributed by atoms with Crippen molar-refractivity contribution in [3.8, 4) is 0 Å². The number of pyridine rings is 1. The molecule has 2 aliphatic rings. The molecule has 0 amide bonds. The number of allylic oxidation sites excluding steroid dienone is 1. The molecule has 0 saturated heterocycles. The van der Waals surface area contributed by atoms with Crippen LogP contribution in [-0.2, 0) is 17.9 Å². The van der Waals surface area contributed by atoms with E-state index in [-0.39, 0.29) is 12.2 Å². The minimum absolute atomic E-state index is 0.171. The summed E-state index contributed by atoms with van der Waals surface area (Å²) in [5, 5.41) is 10.1. The minimum atomic E-state index is -0.909. The summed E-state index contributed by atoms with van der Waals surface area (Å²) >= 11 is 1.83. The highest BCUT2D eigenvalue weighted by molar-refractivity contribution is 7.99. The summed E-state index contributed by atoms with van der Waals surface area (Å²) in [7, 11) is 0. The number of aryl methyl sites for hydroxylation is 3.